The van der Waals surface area contributed by atoms with E-state index >= 15 is 0 Å². The third-order valence-corrected chi connectivity index (χ3v) is 3.32. The van der Waals surface area contributed by atoms with Gasteiger partial charge in [0.2, 0.25) is 0 Å². The lowest BCUT2D eigenvalue weighted by atomic mass is 10.1. The van der Waals surface area contributed by atoms with Gasteiger partial charge in [-0.1, -0.05) is 30.1 Å². The van der Waals surface area contributed by atoms with Crippen molar-refractivity contribution in [3.05, 3.63) is 52.1 Å². The van der Waals surface area contributed by atoms with Crippen molar-refractivity contribution in [2.24, 2.45) is 0 Å². The van der Waals surface area contributed by atoms with Crippen LogP contribution in [0.1, 0.15) is 23.7 Å². The van der Waals surface area contributed by atoms with E-state index < -0.39 is 0 Å². The molecule has 0 unspecified atom stereocenters. The molecule has 0 saturated carbocycles. The van der Waals surface area contributed by atoms with Crippen LogP contribution in [0.3, 0.4) is 0 Å². The Morgan fingerprint density at radius 1 is 1.29 bits per heavy atom. The standard InChI is InChI=1S/C15H15Cl2N3O/c1-2-7-18-13-6-5-10(16)9-11(13)15(21)20-14-12(17)4-3-8-19-14/h3-6,8-9,18H,2,7H2,1H3,(H,19,20,21). The van der Waals surface area contributed by atoms with Crippen LogP contribution in [-0.4, -0.2) is 17.4 Å². The van der Waals surface area contributed by atoms with Gasteiger partial charge in [-0.15, -0.1) is 0 Å². The molecule has 0 fully saturated rings. The number of anilines is 2. The number of carbonyl (C=O) groups is 1. The van der Waals surface area contributed by atoms with Gasteiger partial charge < -0.3 is 10.6 Å². The molecule has 6 heteroatoms. The van der Waals surface area contributed by atoms with E-state index in [-0.39, 0.29) is 5.91 Å². The van der Waals surface area contributed by atoms with E-state index in [1.165, 1.54) is 0 Å². The first-order valence-corrected chi connectivity index (χ1v) is 7.32. The lowest BCUT2D eigenvalue weighted by Gasteiger charge is -2.12. The summed E-state index contributed by atoms with van der Waals surface area (Å²) in [6, 6.07) is 8.51. The van der Waals surface area contributed by atoms with Crippen LogP contribution < -0.4 is 10.6 Å². The minimum absolute atomic E-state index is 0.309. The molecule has 2 N–H and O–H groups in total. The smallest absolute Gasteiger partial charge is 0.259 e. The highest BCUT2D eigenvalue weighted by atomic mass is 35.5. The van der Waals surface area contributed by atoms with Crippen molar-refractivity contribution >= 4 is 40.6 Å². The minimum atomic E-state index is -0.309. The van der Waals surface area contributed by atoms with E-state index in [1.807, 2.05) is 0 Å². The van der Waals surface area contributed by atoms with Gasteiger partial charge in [-0.2, -0.15) is 0 Å². The largest absolute Gasteiger partial charge is 0.384 e. The molecule has 2 aromatic rings. The molecule has 0 aliphatic carbocycles. The summed E-state index contributed by atoms with van der Waals surface area (Å²) >= 11 is 12.0. The van der Waals surface area contributed by atoms with Crippen LogP contribution in [0.2, 0.25) is 10.0 Å². The van der Waals surface area contributed by atoms with Gasteiger partial charge in [0.1, 0.15) is 0 Å². The molecule has 1 aromatic carbocycles. The van der Waals surface area contributed by atoms with Gasteiger partial charge in [-0.3, -0.25) is 4.79 Å². The predicted octanol–water partition coefficient (Wildman–Crippen LogP) is 4.46. The highest BCUT2D eigenvalue weighted by molar-refractivity contribution is 6.33. The average molecular weight is 324 g/mol. The number of hydrogen-bond acceptors (Lipinski definition) is 3. The molecule has 110 valence electrons. The second-order valence-electron chi connectivity index (χ2n) is 4.40. The molecule has 0 aliphatic heterocycles. The Labute approximate surface area is 133 Å². The predicted molar refractivity (Wildman–Crippen MR) is 87.4 cm³/mol. The van der Waals surface area contributed by atoms with Gasteiger partial charge in [-0.05, 0) is 36.8 Å². The van der Waals surface area contributed by atoms with Crippen LogP contribution in [0, 0.1) is 0 Å². The van der Waals surface area contributed by atoms with Crippen molar-refractivity contribution in [3.63, 3.8) is 0 Å². The third-order valence-electron chi connectivity index (χ3n) is 2.78. The SMILES string of the molecule is CCCNc1ccc(Cl)cc1C(=O)Nc1ncccc1Cl. The molecule has 0 aliphatic rings. The number of aromatic nitrogens is 1. The number of pyridine rings is 1. The van der Waals surface area contributed by atoms with Crippen LogP contribution in [0.25, 0.3) is 0 Å². The highest BCUT2D eigenvalue weighted by Crippen LogP contribution is 2.23. The first-order chi connectivity index (χ1) is 10.1. The normalized spacial score (nSPS) is 10.2. The maximum Gasteiger partial charge on any atom is 0.259 e. The first-order valence-electron chi connectivity index (χ1n) is 6.57. The zero-order valence-corrected chi connectivity index (χ0v) is 13.0. The topological polar surface area (TPSA) is 54.0 Å². The number of amides is 1. The Hall–Kier alpha value is -1.78. The fourth-order valence-corrected chi connectivity index (χ4v) is 2.11. The van der Waals surface area contributed by atoms with E-state index in [0.29, 0.717) is 21.4 Å². The Kier molecular flexibility index (Phi) is 5.42. The summed E-state index contributed by atoms with van der Waals surface area (Å²) in [5.41, 5.74) is 1.18. The highest BCUT2D eigenvalue weighted by Gasteiger charge is 2.14. The summed E-state index contributed by atoms with van der Waals surface area (Å²) in [6.45, 7) is 2.82. The van der Waals surface area contributed by atoms with Crippen LogP contribution in [-0.2, 0) is 0 Å². The van der Waals surface area contributed by atoms with Gasteiger partial charge in [-0.25, -0.2) is 4.98 Å². The molecule has 1 heterocycles. The van der Waals surface area contributed by atoms with Gasteiger partial charge in [0.05, 0.1) is 10.6 Å². The van der Waals surface area contributed by atoms with Crippen molar-refractivity contribution in [2.75, 3.05) is 17.2 Å². The number of benzene rings is 1. The molecule has 0 saturated heterocycles. The maximum absolute atomic E-state index is 12.4. The van der Waals surface area contributed by atoms with Crippen LogP contribution in [0.5, 0.6) is 0 Å². The molecule has 0 bridgehead atoms. The molecule has 21 heavy (non-hydrogen) atoms. The average Bonchev–Trinajstić information content (AvgIpc) is 2.48. The Balaban J connectivity index is 2.25. The van der Waals surface area contributed by atoms with E-state index in [4.69, 9.17) is 23.2 Å². The van der Waals surface area contributed by atoms with Crippen molar-refractivity contribution < 1.29 is 4.79 Å². The van der Waals surface area contributed by atoms with Crippen molar-refractivity contribution in [2.45, 2.75) is 13.3 Å². The number of rotatable bonds is 5. The maximum atomic E-state index is 12.4. The first kappa shape index (κ1) is 15.6. The van der Waals surface area contributed by atoms with Gasteiger partial charge >= 0.3 is 0 Å². The van der Waals surface area contributed by atoms with E-state index in [9.17, 15) is 4.79 Å². The molecule has 1 aromatic heterocycles. The van der Waals surface area contributed by atoms with Crippen LogP contribution in [0.15, 0.2) is 36.5 Å². The number of nitrogens with zero attached hydrogens (tertiary/aromatic N) is 1. The van der Waals surface area contributed by atoms with Gasteiger partial charge in [0.15, 0.2) is 5.82 Å². The van der Waals surface area contributed by atoms with Crippen molar-refractivity contribution in [3.8, 4) is 0 Å². The zero-order chi connectivity index (χ0) is 15.2. The molecule has 0 radical (unpaired) electrons. The van der Waals surface area contributed by atoms with Crippen LogP contribution in [0.4, 0.5) is 11.5 Å². The number of hydrogen-bond donors (Lipinski definition) is 2. The van der Waals surface area contributed by atoms with Gasteiger partial charge in [0, 0.05) is 23.5 Å². The molecular weight excluding hydrogens is 309 g/mol. The molecule has 4 nitrogen and oxygen atoms in total. The van der Waals surface area contributed by atoms with E-state index in [2.05, 4.69) is 22.5 Å². The fourth-order valence-electron chi connectivity index (χ4n) is 1.77. The van der Waals surface area contributed by atoms with Gasteiger partial charge in [0.25, 0.3) is 5.91 Å². The Morgan fingerprint density at radius 3 is 2.81 bits per heavy atom. The summed E-state index contributed by atoms with van der Waals surface area (Å²) in [4.78, 5) is 16.4. The molecule has 0 atom stereocenters. The molecule has 2 rings (SSSR count). The minimum Gasteiger partial charge on any atom is -0.384 e. The monoisotopic (exact) mass is 323 g/mol. The molecular formula is C15H15Cl2N3O. The van der Waals surface area contributed by atoms with E-state index in [1.54, 1.807) is 36.5 Å². The molecule has 1 amide bonds. The second-order valence-corrected chi connectivity index (χ2v) is 5.25. The van der Waals surface area contributed by atoms with E-state index in [0.717, 1.165) is 18.7 Å². The third kappa shape index (κ3) is 4.09. The van der Waals surface area contributed by atoms with Crippen molar-refractivity contribution in [1.29, 1.82) is 0 Å². The fraction of sp³-hybridized carbons (Fsp3) is 0.200. The summed E-state index contributed by atoms with van der Waals surface area (Å²) in [6.07, 6.45) is 2.52. The number of halogens is 2. The number of carbonyl (C=O) groups excluding carboxylic acids is 1. The number of nitrogens with one attached hydrogen (secondary N) is 2. The summed E-state index contributed by atoms with van der Waals surface area (Å²) in [5.74, 6) is 0.0160. The summed E-state index contributed by atoms with van der Waals surface area (Å²) < 4.78 is 0. The zero-order valence-electron chi connectivity index (χ0n) is 11.5. The Bertz CT molecular complexity index is 647. The summed E-state index contributed by atoms with van der Waals surface area (Å²) in [5, 5.41) is 6.77. The quantitative estimate of drug-likeness (QED) is 0.853. The summed E-state index contributed by atoms with van der Waals surface area (Å²) in [7, 11) is 0. The Morgan fingerprint density at radius 2 is 2.10 bits per heavy atom. The lowest BCUT2D eigenvalue weighted by Crippen LogP contribution is -2.16. The van der Waals surface area contributed by atoms with Crippen molar-refractivity contribution in [1.82, 2.24) is 4.98 Å². The molecule has 0 spiro atoms. The second kappa shape index (κ2) is 7.29. The lowest BCUT2D eigenvalue weighted by molar-refractivity contribution is 0.102. The van der Waals surface area contributed by atoms with Crippen LogP contribution >= 0.6 is 23.2 Å².